The maximum Gasteiger partial charge on any atom is 0.255 e. The quantitative estimate of drug-likeness (QED) is 0.766. The number of rotatable bonds is 5. The van der Waals surface area contributed by atoms with E-state index in [1.807, 2.05) is 12.1 Å². The van der Waals surface area contributed by atoms with Gasteiger partial charge >= 0.3 is 0 Å². The van der Waals surface area contributed by atoms with Crippen LogP contribution in [0.15, 0.2) is 18.2 Å². The number of hydrogen-bond acceptors (Lipinski definition) is 5. The molecule has 3 amide bonds. The third-order valence-corrected chi connectivity index (χ3v) is 6.00. The molecule has 7 nitrogen and oxygen atoms in total. The first kappa shape index (κ1) is 19.1. The Hall–Kier alpha value is -2.25. The van der Waals surface area contributed by atoms with Crippen molar-refractivity contribution in [1.29, 1.82) is 0 Å². The van der Waals surface area contributed by atoms with E-state index < -0.39 is 6.04 Å². The standard InChI is InChI=1S/C21H28N4O3/c1-2-7-23-8-10-24(11-9-23)13-15-3-4-17-16(12-15)14-25(21(17)28)18-5-6-19(26)22-20(18)27/h3-4,12,18H,2,5-11,13-14H2,1H3,(H,22,26,27). The van der Waals surface area contributed by atoms with Crippen LogP contribution in [0.3, 0.4) is 0 Å². The van der Waals surface area contributed by atoms with Crippen LogP contribution in [0.2, 0.25) is 0 Å². The summed E-state index contributed by atoms with van der Waals surface area (Å²) < 4.78 is 0. The van der Waals surface area contributed by atoms with Gasteiger partial charge in [0, 0.05) is 51.3 Å². The normalized spacial score (nSPS) is 23.8. The van der Waals surface area contributed by atoms with Gasteiger partial charge in [0.1, 0.15) is 6.04 Å². The Kier molecular flexibility index (Phi) is 5.46. The highest BCUT2D eigenvalue weighted by atomic mass is 16.2. The fraction of sp³-hybridized carbons (Fsp3) is 0.571. The molecule has 28 heavy (non-hydrogen) atoms. The Balaban J connectivity index is 1.40. The van der Waals surface area contributed by atoms with Crippen molar-refractivity contribution in [2.75, 3.05) is 32.7 Å². The van der Waals surface area contributed by atoms with E-state index in [-0.39, 0.29) is 24.1 Å². The van der Waals surface area contributed by atoms with Gasteiger partial charge in [0.25, 0.3) is 5.91 Å². The van der Waals surface area contributed by atoms with Crippen LogP contribution in [-0.4, -0.2) is 71.2 Å². The number of amides is 3. The molecule has 4 rings (SSSR count). The minimum absolute atomic E-state index is 0.107. The molecular formula is C21H28N4O3. The molecule has 1 N–H and O–H groups in total. The van der Waals surface area contributed by atoms with Gasteiger partial charge in [-0.05, 0) is 36.6 Å². The lowest BCUT2D eigenvalue weighted by molar-refractivity contribution is -0.136. The number of nitrogens with one attached hydrogen (secondary N) is 1. The molecule has 1 aromatic rings. The van der Waals surface area contributed by atoms with E-state index in [9.17, 15) is 14.4 Å². The van der Waals surface area contributed by atoms with Gasteiger partial charge in [-0.15, -0.1) is 0 Å². The smallest absolute Gasteiger partial charge is 0.255 e. The highest BCUT2D eigenvalue weighted by Crippen LogP contribution is 2.28. The predicted molar refractivity (Wildman–Crippen MR) is 104 cm³/mol. The SMILES string of the molecule is CCCN1CCN(Cc2ccc3c(c2)CN(C2CCC(=O)NC2=O)C3=O)CC1. The number of hydrogen-bond donors (Lipinski definition) is 1. The Morgan fingerprint density at radius 2 is 1.82 bits per heavy atom. The van der Waals surface area contributed by atoms with Gasteiger partial charge in [-0.3, -0.25) is 24.6 Å². The molecule has 3 heterocycles. The summed E-state index contributed by atoms with van der Waals surface area (Å²) in [6, 6.07) is 5.49. The fourth-order valence-corrected chi connectivity index (χ4v) is 4.47. The summed E-state index contributed by atoms with van der Waals surface area (Å²) in [5.74, 6) is -0.724. The van der Waals surface area contributed by atoms with Crippen LogP contribution in [0, 0.1) is 0 Å². The second kappa shape index (κ2) is 8.01. The molecule has 1 aromatic carbocycles. The molecule has 3 aliphatic rings. The molecule has 2 fully saturated rings. The minimum Gasteiger partial charge on any atom is -0.322 e. The molecular weight excluding hydrogens is 356 g/mol. The van der Waals surface area contributed by atoms with Crippen LogP contribution in [-0.2, 0) is 22.7 Å². The fourth-order valence-electron chi connectivity index (χ4n) is 4.47. The summed E-state index contributed by atoms with van der Waals surface area (Å²) in [6.07, 6.45) is 1.88. The Morgan fingerprint density at radius 1 is 1.07 bits per heavy atom. The van der Waals surface area contributed by atoms with Gasteiger partial charge in [0.05, 0.1) is 0 Å². The molecule has 0 bridgehead atoms. The lowest BCUT2D eigenvalue weighted by Gasteiger charge is -2.34. The molecule has 0 spiro atoms. The number of fused-ring (bicyclic) bond motifs is 1. The summed E-state index contributed by atoms with van der Waals surface area (Å²) in [7, 11) is 0. The van der Waals surface area contributed by atoms with Crippen molar-refractivity contribution in [3.8, 4) is 0 Å². The summed E-state index contributed by atoms with van der Waals surface area (Å²) in [4.78, 5) is 42.9. The topological polar surface area (TPSA) is 73.0 Å². The number of carbonyl (C=O) groups excluding carboxylic acids is 3. The lowest BCUT2D eigenvalue weighted by atomic mass is 10.0. The van der Waals surface area contributed by atoms with Gasteiger partial charge in [-0.1, -0.05) is 19.1 Å². The van der Waals surface area contributed by atoms with Gasteiger partial charge in [0.15, 0.2) is 0 Å². The zero-order valence-corrected chi connectivity index (χ0v) is 16.4. The van der Waals surface area contributed by atoms with Crippen molar-refractivity contribution in [2.24, 2.45) is 0 Å². The third kappa shape index (κ3) is 3.82. The molecule has 0 aromatic heterocycles. The van der Waals surface area contributed by atoms with Crippen LogP contribution >= 0.6 is 0 Å². The summed E-state index contributed by atoms with van der Waals surface area (Å²) in [6.45, 7) is 9.08. The Morgan fingerprint density at radius 3 is 2.54 bits per heavy atom. The molecule has 1 atom stereocenters. The second-order valence-corrected chi connectivity index (χ2v) is 8.01. The maximum atomic E-state index is 12.8. The largest absolute Gasteiger partial charge is 0.322 e. The van der Waals surface area contributed by atoms with Crippen molar-refractivity contribution in [3.63, 3.8) is 0 Å². The Labute approximate surface area is 165 Å². The monoisotopic (exact) mass is 384 g/mol. The number of nitrogens with zero attached hydrogens (tertiary/aromatic N) is 3. The zero-order chi connectivity index (χ0) is 19.7. The van der Waals surface area contributed by atoms with E-state index in [1.165, 1.54) is 18.5 Å². The zero-order valence-electron chi connectivity index (χ0n) is 16.4. The van der Waals surface area contributed by atoms with E-state index in [1.54, 1.807) is 4.90 Å². The Bertz CT molecular complexity index is 786. The first-order valence-corrected chi connectivity index (χ1v) is 10.3. The van der Waals surface area contributed by atoms with E-state index in [0.29, 0.717) is 18.5 Å². The first-order chi connectivity index (χ1) is 13.5. The lowest BCUT2D eigenvalue weighted by Crippen LogP contribution is -2.52. The molecule has 2 saturated heterocycles. The van der Waals surface area contributed by atoms with Gasteiger partial charge in [-0.25, -0.2) is 0 Å². The number of piperazine rings is 1. The number of imide groups is 1. The van der Waals surface area contributed by atoms with E-state index in [0.717, 1.165) is 38.3 Å². The highest BCUT2D eigenvalue weighted by molar-refractivity contribution is 6.05. The molecule has 0 radical (unpaired) electrons. The number of carbonyl (C=O) groups is 3. The maximum absolute atomic E-state index is 12.8. The molecule has 3 aliphatic heterocycles. The molecule has 1 unspecified atom stereocenters. The van der Waals surface area contributed by atoms with Gasteiger partial charge in [-0.2, -0.15) is 0 Å². The molecule has 150 valence electrons. The summed E-state index contributed by atoms with van der Waals surface area (Å²) in [5, 5.41) is 2.35. The van der Waals surface area contributed by atoms with Crippen LogP contribution in [0.25, 0.3) is 0 Å². The third-order valence-electron chi connectivity index (χ3n) is 6.00. The average Bonchev–Trinajstić information content (AvgIpc) is 2.99. The highest BCUT2D eigenvalue weighted by Gasteiger charge is 2.39. The second-order valence-electron chi connectivity index (χ2n) is 8.01. The van der Waals surface area contributed by atoms with E-state index in [4.69, 9.17) is 0 Å². The van der Waals surface area contributed by atoms with Gasteiger partial charge < -0.3 is 9.80 Å². The van der Waals surface area contributed by atoms with E-state index >= 15 is 0 Å². The summed E-state index contributed by atoms with van der Waals surface area (Å²) in [5.41, 5.74) is 2.87. The van der Waals surface area contributed by atoms with Crippen LogP contribution < -0.4 is 5.32 Å². The first-order valence-electron chi connectivity index (χ1n) is 10.3. The van der Waals surface area contributed by atoms with Crippen LogP contribution in [0.1, 0.15) is 47.7 Å². The van der Waals surface area contributed by atoms with Crippen LogP contribution in [0.5, 0.6) is 0 Å². The minimum atomic E-state index is -0.548. The molecule has 0 aliphatic carbocycles. The van der Waals surface area contributed by atoms with Gasteiger partial charge in [0.2, 0.25) is 11.8 Å². The molecule has 0 saturated carbocycles. The van der Waals surface area contributed by atoms with E-state index in [2.05, 4.69) is 28.1 Å². The summed E-state index contributed by atoms with van der Waals surface area (Å²) >= 11 is 0. The average molecular weight is 384 g/mol. The van der Waals surface area contributed by atoms with Crippen LogP contribution in [0.4, 0.5) is 0 Å². The van der Waals surface area contributed by atoms with Crippen molar-refractivity contribution in [3.05, 3.63) is 34.9 Å². The van der Waals surface area contributed by atoms with Crippen molar-refractivity contribution < 1.29 is 14.4 Å². The number of benzene rings is 1. The van der Waals surface area contributed by atoms with Crippen molar-refractivity contribution >= 4 is 17.7 Å². The number of piperidine rings is 1. The van der Waals surface area contributed by atoms with Crippen molar-refractivity contribution in [2.45, 2.75) is 45.3 Å². The predicted octanol–water partition coefficient (Wildman–Crippen LogP) is 0.975. The van der Waals surface area contributed by atoms with Crippen molar-refractivity contribution in [1.82, 2.24) is 20.0 Å². The molecule has 7 heteroatoms.